The third-order valence-corrected chi connectivity index (χ3v) is 5.44. The highest BCUT2D eigenvalue weighted by Gasteiger charge is 2.25. The van der Waals surface area contributed by atoms with Crippen LogP contribution in [-0.4, -0.2) is 75.9 Å². The van der Waals surface area contributed by atoms with E-state index in [1.807, 2.05) is 6.07 Å². The Bertz CT molecular complexity index is 542. The van der Waals surface area contributed by atoms with Crippen LogP contribution in [0.2, 0.25) is 0 Å². The Morgan fingerprint density at radius 1 is 1.00 bits per heavy atom. The summed E-state index contributed by atoms with van der Waals surface area (Å²) in [5.41, 5.74) is 1.27. The molecular formula is C21H37N3O2. The first-order valence-electron chi connectivity index (χ1n) is 9.81. The SMILES string of the molecule is COc1ccc(CC(C)NCC(C(C)C)N2CCN(C)CC2)cc1OC. The predicted molar refractivity (Wildman–Crippen MR) is 108 cm³/mol. The Hall–Kier alpha value is -1.30. The van der Waals surface area contributed by atoms with E-state index in [0.717, 1.165) is 24.5 Å². The minimum atomic E-state index is 0.418. The molecule has 0 radical (unpaired) electrons. The van der Waals surface area contributed by atoms with E-state index in [2.05, 4.69) is 55.1 Å². The van der Waals surface area contributed by atoms with E-state index in [9.17, 15) is 0 Å². The normalized spacial score (nSPS) is 18.7. The van der Waals surface area contributed by atoms with E-state index in [1.165, 1.54) is 31.7 Å². The molecule has 2 atom stereocenters. The number of nitrogens with zero attached hydrogens (tertiary/aromatic N) is 2. The number of hydrogen-bond acceptors (Lipinski definition) is 5. The average Bonchev–Trinajstić information content (AvgIpc) is 2.63. The third-order valence-electron chi connectivity index (χ3n) is 5.44. The number of likely N-dealkylation sites (N-methyl/N-ethyl adjacent to an activating group) is 1. The molecule has 0 aromatic heterocycles. The monoisotopic (exact) mass is 363 g/mol. The second kappa shape index (κ2) is 10.1. The maximum atomic E-state index is 5.42. The Morgan fingerprint density at radius 2 is 1.65 bits per heavy atom. The van der Waals surface area contributed by atoms with E-state index >= 15 is 0 Å². The molecule has 1 aliphatic heterocycles. The van der Waals surface area contributed by atoms with Crippen LogP contribution in [0.25, 0.3) is 0 Å². The fraction of sp³-hybridized carbons (Fsp3) is 0.714. The summed E-state index contributed by atoms with van der Waals surface area (Å²) in [5.74, 6) is 2.24. The molecule has 5 heteroatoms. The first-order valence-corrected chi connectivity index (χ1v) is 9.81. The number of rotatable bonds is 9. The maximum absolute atomic E-state index is 5.42. The van der Waals surface area contributed by atoms with Crippen LogP contribution in [0.1, 0.15) is 26.3 Å². The second-order valence-electron chi connectivity index (χ2n) is 7.85. The van der Waals surface area contributed by atoms with Gasteiger partial charge in [0, 0.05) is 44.8 Å². The van der Waals surface area contributed by atoms with Crippen molar-refractivity contribution in [2.24, 2.45) is 5.92 Å². The van der Waals surface area contributed by atoms with Gasteiger partial charge in [-0.1, -0.05) is 19.9 Å². The van der Waals surface area contributed by atoms with Gasteiger partial charge < -0.3 is 19.7 Å². The summed E-state index contributed by atoms with van der Waals surface area (Å²) in [6.45, 7) is 12.7. The van der Waals surface area contributed by atoms with Crippen LogP contribution < -0.4 is 14.8 Å². The van der Waals surface area contributed by atoms with Crippen LogP contribution in [-0.2, 0) is 6.42 Å². The quantitative estimate of drug-likeness (QED) is 0.730. The molecule has 1 saturated heterocycles. The summed E-state index contributed by atoms with van der Waals surface area (Å²) >= 11 is 0. The van der Waals surface area contributed by atoms with E-state index in [-0.39, 0.29) is 0 Å². The molecule has 1 N–H and O–H groups in total. The van der Waals surface area contributed by atoms with Gasteiger partial charge in [0.05, 0.1) is 14.2 Å². The summed E-state index contributed by atoms with van der Waals surface area (Å²) in [6, 6.07) is 7.21. The molecule has 2 rings (SSSR count). The highest BCUT2D eigenvalue weighted by atomic mass is 16.5. The molecule has 0 amide bonds. The van der Waals surface area contributed by atoms with Crippen LogP contribution in [0, 0.1) is 5.92 Å². The van der Waals surface area contributed by atoms with E-state index < -0.39 is 0 Å². The molecule has 1 aromatic rings. The van der Waals surface area contributed by atoms with Crippen molar-refractivity contribution in [1.82, 2.24) is 15.1 Å². The molecule has 1 aliphatic rings. The molecule has 1 heterocycles. The summed E-state index contributed by atoms with van der Waals surface area (Å²) in [7, 11) is 5.57. The molecule has 0 saturated carbocycles. The van der Waals surface area contributed by atoms with Gasteiger partial charge in [0.15, 0.2) is 11.5 Å². The van der Waals surface area contributed by atoms with Crippen molar-refractivity contribution in [2.75, 3.05) is 54.0 Å². The molecule has 1 fully saturated rings. The molecule has 1 aromatic carbocycles. The number of hydrogen-bond donors (Lipinski definition) is 1. The van der Waals surface area contributed by atoms with E-state index in [4.69, 9.17) is 9.47 Å². The zero-order chi connectivity index (χ0) is 19.1. The van der Waals surface area contributed by atoms with Gasteiger partial charge in [-0.05, 0) is 44.0 Å². The zero-order valence-electron chi connectivity index (χ0n) is 17.4. The van der Waals surface area contributed by atoms with Crippen LogP contribution in [0.5, 0.6) is 11.5 Å². The standard InChI is InChI=1S/C21H37N3O2/c1-16(2)19(24-11-9-23(4)10-12-24)15-22-17(3)13-18-7-8-20(25-5)21(14-18)26-6/h7-8,14,16-17,19,22H,9-13,15H2,1-6H3. The number of nitrogens with one attached hydrogen (secondary N) is 1. The minimum Gasteiger partial charge on any atom is -0.493 e. The van der Waals surface area contributed by atoms with Crippen LogP contribution >= 0.6 is 0 Å². The predicted octanol–water partition coefficient (Wildman–Crippen LogP) is 2.50. The van der Waals surface area contributed by atoms with Gasteiger partial charge in [0.1, 0.15) is 0 Å². The van der Waals surface area contributed by atoms with E-state index in [0.29, 0.717) is 18.0 Å². The number of piperazine rings is 1. The van der Waals surface area contributed by atoms with Crippen molar-refractivity contribution in [2.45, 2.75) is 39.3 Å². The first-order chi connectivity index (χ1) is 12.4. The third kappa shape index (κ3) is 5.86. The van der Waals surface area contributed by atoms with Crippen molar-refractivity contribution < 1.29 is 9.47 Å². The highest BCUT2D eigenvalue weighted by Crippen LogP contribution is 2.28. The number of ether oxygens (including phenoxy) is 2. The molecule has 2 unspecified atom stereocenters. The molecular weight excluding hydrogens is 326 g/mol. The van der Waals surface area contributed by atoms with Crippen molar-refractivity contribution in [3.8, 4) is 11.5 Å². The van der Waals surface area contributed by atoms with Crippen LogP contribution in [0.4, 0.5) is 0 Å². The molecule has 0 aliphatic carbocycles. The fourth-order valence-corrected chi connectivity index (χ4v) is 3.70. The van der Waals surface area contributed by atoms with Gasteiger partial charge in [-0.2, -0.15) is 0 Å². The lowest BCUT2D eigenvalue weighted by Gasteiger charge is -2.40. The summed E-state index contributed by atoms with van der Waals surface area (Å²) in [5, 5.41) is 3.76. The van der Waals surface area contributed by atoms with Crippen LogP contribution in [0.3, 0.4) is 0 Å². The van der Waals surface area contributed by atoms with Gasteiger partial charge in [0.2, 0.25) is 0 Å². The van der Waals surface area contributed by atoms with Crippen molar-refractivity contribution >= 4 is 0 Å². The lowest BCUT2D eigenvalue weighted by Crippen LogP contribution is -2.54. The topological polar surface area (TPSA) is 37.0 Å². The molecule has 5 nitrogen and oxygen atoms in total. The largest absolute Gasteiger partial charge is 0.493 e. The minimum absolute atomic E-state index is 0.418. The van der Waals surface area contributed by atoms with E-state index in [1.54, 1.807) is 14.2 Å². The molecule has 0 bridgehead atoms. The summed E-state index contributed by atoms with van der Waals surface area (Å²) < 4.78 is 10.7. The first kappa shape index (κ1) is 21.0. The Kier molecular flexibility index (Phi) is 8.19. The highest BCUT2D eigenvalue weighted by molar-refractivity contribution is 5.43. The molecule has 148 valence electrons. The molecule has 0 spiro atoms. The average molecular weight is 364 g/mol. The maximum Gasteiger partial charge on any atom is 0.160 e. The van der Waals surface area contributed by atoms with Crippen LogP contribution in [0.15, 0.2) is 18.2 Å². The molecule has 26 heavy (non-hydrogen) atoms. The van der Waals surface area contributed by atoms with Gasteiger partial charge >= 0.3 is 0 Å². The summed E-state index contributed by atoms with van der Waals surface area (Å²) in [6.07, 6.45) is 0.980. The van der Waals surface area contributed by atoms with Gasteiger partial charge in [-0.3, -0.25) is 4.90 Å². The van der Waals surface area contributed by atoms with Crippen molar-refractivity contribution in [3.05, 3.63) is 23.8 Å². The van der Waals surface area contributed by atoms with Crippen molar-refractivity contribution in [1.29, 1.82) is 0 Å². The second-order valence-corrected chi connectivity index (χ2v) is 7.85. The van der Waals surface area contributed by atoms with Gasteiger partial charge in [0.25, 0.3) is 0 Å². The smallest absolute Gasteiger partial charge is 0.160 e. The Balaban J connectivity index is 1.88. The van der Waals surface area contributed by atoms with Gasteiger partial charge in [-0.15, -0.1) is 0 Å². The fourth-order valence-electron chi connectivity index (χ4n) is 3.70. The zero-order valence-corrected chi connectivity index (χ0v) is 17.4. The number of methoxy groups -OCH3 is 2. The summed E-state index contributed by atoms with van der Waals surface area (Å²) in [4.78, 5) is 5.07. The lowest BCUT2D eigenvalue weighted by molar-refractivity contribution is 0.0863. The van der Waals surface area contributed by atoms with Gasteiger partial charge in [-0.25, -0.2) is 0 Å². The number of benzene rings is 1. The Morgan fingerprint density at radius 3 is 2.23 bits per heavy atom. The lowest BCUT2D eigenvalue weighted by atomic mass is 10.00. The van der Waals surface area contributed by atoms with Crippen molar-refractivity contribution in [3.63, 3.8) is 0 Å². The Labute approximate surface area is 159 Å².